The lowest BCUT2D eigenvalue weighted by molar-refractivity contribution is -0.122. The van der Waals surface area contributed by atoms with Gasteiger partial charge in [-0.15, -0.1) is 0 Å². The van der Waals surface area contributed by atoms with Gasteiger partial charge in [0.15, 0.2) is 11.5 Å². The van der Waals surface area contributed by atoms with Gasteiger partial charge in [0.25, 0.3) is 0 Å². The van der Waals surface area contributed by atoms with Crippen molar-refractivity contribution in [3.63, 3.8) is 0 Å². The van der Waals surface area contributed by atoms with Gasteiger partial charge in [0.2, 0.25) is 5.91 Å². The number of carbonyl (C=O) groups excluding carboxylic acids is 1. The van der Waals surface area contributed by atoms with E-state index in [4.69, 9.17) is 15.2 Å². The third-order valence-electron chi connectivity index (χ3n) is 4.81. The molecular weight excluding hydrogens is 348 g/mol. The lowest BCUT2D eigenvalue weighted by Gasteiger charge is -2.28. The quantitative estimate of drug-likeness (QED) is 0.552. The van der Waals surface area contributed by atoms with Crippen molar-refractivity contribution in [3.8, 4) is 23.0 Å². The number of nitrogens with one attached hydrogen (secondary N) is 1. The van der Waals surface area contributed by atoms with E-state index in [1.807, 2.05) is 6.20 Å². The number of phenolic OH excluding ortho intramolecular Hbond substituents is 2. The van der Waals surface area contributed by atoms with Crippen LogP contribution in [-0.2, 0) is 11.2 Å². The highest BCUT2D eigenvalue weighted by Crippen LogP contribution is 2.36. The molecule has 0 spiro atoms. The maximum absolute atomic E-state index is 12.0. The lowest BCUT2D eigenvalue weighted by Crippen LogP contribution is -2.36. The number of rotatable bonds is 5. The zero-order valence-corrected chi connectivity index (χ0v) is 14.5. The summed E-state index contributed by atoms with van der Waals surface area (Å²) in [6, 6.07) is 9.72. The highest BCUT2D eigenvalue weighted by atomic mass is 16.6. The number of aromatic nitrogens is 1. The molecule has 2 atom stereocenters. The molecule has 0 saturated heterocycles. The molecule has 0 aliphatic carbocycles. The number of carbonyl (C=O) groups is 1. The number of benzene rings is 2. The number of ether oxygens (including phenoxy) is 2. The maximum atomic E-state index is 12.0. The van der Waals surface area contributed by atoms with E-state index in [9.17, 15) is 15.0 Å². The van der Waals surface area contributed by atoms with Crippen molar-refractivity contribution in [2.75, 3.05) is 6.61 Å². The molecule has 5 N–H and O–H groups in total. The molecule has 7 nitrogen and oxygen atoms in total. The van der Waals surface area contributed by atoms with Gasteiger partial charge in [-0.3, -0.25) is 4.79 Å². The van der Waals surface area contributed by atoms with Crippen molar-refractivity contribution < 1.29 is 24.5 Å². The van der Waals surface area contributed by atoms with E-state index in [0.717, 1.165) is 16.5 Å². The van der Waals surface area contributed by atoms with E-state index in [1.54, 1.807) is 24.3 Å². The molecule has 27 heavy (non-hydrogen) atoms. The first-order valence-corrected chi connectivity index (χ1v) is 8.70. The molecule has 1 aliphatic heterocycles. The Balaban J connectivity index is 1.52. The Morgan fingerprint density at radius 3 is 2.78 bits per heavy atom. The van der Waals surface area contributed by atoms with Gasteiger partial charge < -0.3 is 30.4 Å². The second kappa shape index (κ2) is 6.75. The van der Waals surface area contributed by atoms with Crippen molar-refractivity contribution in [1.82, 2.24) is 4.98 Å². The molecule has 2 unspecified atom stereocenters. The molecule has 1 aliphatic rings. The number of amides is 1. The second-order valence-electron chi connectivity index (χ2n) is 6.76. The average Bonchev–Trinajstić information content (AvgIpc) is 3.02. The summed E-state index contributed by atoms with van der Waals surface area (Å²) in [7, 11) is 0. The largest absolute Gasteiger partial charge is 0.508 e. The minimum Gasteiger partial charge on any atom is -0.508 e. The second-order valence-corrected chi connectivity index (χ2v) is 6.76. The van der Waals surface area contributed by atoms with Crippen LogP contribution in [0.2, 0.25) is 0 Å². The minimum absolute atomic E-state index is 0.0862. The van der Waals surface area contributed by atoms with Crippen LogP contribution >= 0.6 is 0 Å². The van der Waals surface area contributed by atoms with Gasteiger partial charge >= 0.3 is 0 Å². The van der Waals surface area contributed by atoms with Crippen LogP contribution in [0.4, 0.5) is 0 Å². The summed E-state index contributed by atoms with van der Waals surface area (Å²) in [6.45, 7) is 0.302. The normalized spacial score (nSPS) is 17.0. The third-order valence-corrected chi connectivity index (χ3v) is 4.81. The van der Waals surface area contributed by atoms with Gasteiger partial charge in [0, 0.05) is 29.1 Å². The number of fused-ring (bicyclic) bond motifs is 2. The molecule has 2 aromatic carbocycles. The van der Waals surface area contributed by atoms with Crippen LogP contribution in [0, 0.1) is 5.92 Å². The van der Waals surface area contributed by atoms with Crippen molar-refractivity contribution in [2.24, 2.45) is 11.7 Å². The predicted molar refractivity (Wildman–Crippen MR) is 99.0 cm³/mol. The summed E-state index contributed by atoms with van der Waals surface area (Å²) in [5, 5.41) is 20.2. The van der Waals surface area contributed by atoms with Crippen molar-refractivity contribution in [3.05, 3.63) is 48.2 Å². The molecule has 2 heterocycles. The summed E-state index contributed by atoms with van der Waals surface area (Å²) in [4.78, 5) is 15.2. The number of aromatic hydroxyl groups is 2. The number of hydrogen-bond donors (Lipinski definition) is 4. The van der Waals surface area contributed by atoms with Gasteiger partial charge in [-0.05, 0) is 48.7 Å². The SMILES string of the molecule is NC(=O)C(Cc1c[nH]c2ccc(O)cc12)CC1COc2ccc(O)cc2O1. The first-order valence-electron chi connectivity index (χ1n) is 8.70. The number of hydrogen-bond acceptors (Lipinski definition) is 5. The highest BCUT2D eigenvalue weighted by molar-refractivity contribution is 5.85. The van der Waals surface area contributed by atoms with Gasteiger partial charge in [-0.1, -0.05) is 0 Å². The summed E-state index contributed by atoms with van der Waals surface area (Å²) in [5.74, 6) is 0.384. The fraction of sp³-hybridized carbons (Fsp3) is 0.250. The Kier molecular flexibility index (Phi) is 4.27. The third kappa shape index (κ3) is 3.48. The zero-order valence-electron chi connectivity index (χ0n) is 14.5. The minimum atomic E-state index is -0.459. The van der Waals surface area contributed by atoms with Gasteiger partial charge in [-0.2, -0.15) is 0 Å². The van der Waals surface area contributed by atoms with Crippen molar-refractivity contribution in [1.29, 1.82) is 0 Å². The van der Waals surface area contributed by atoms with Crippen LogP contribution in [0.1, 0.15) is 12.0 Å². The Morgan fingerprint density at radius 2 is 1.96 bits per heavy atom. The average molecular weight is 368 g/mol. The Morgan fingerprint density at radius 1 is 1.19 bits per heavy atom. The van der Waals surface area contributed by atoms with Gasteiger partial charge in [-0.25, -0.2) is 0 Å². The van der Waals surface area contributed by atoms with E-state index in [1.165, 1.54) is 12.1 Å². The molecule has 0 radical (unpaired) electrons. The van der Waals surface area contributed by atoms with Crippen LogP contribution in [0.15, 0.2) is 42.6 Å². The fourth-order valence-corrected chi connectivity index (χ4v) is 3.44. The van der Waals surface area contributed by atoms with Crippen LogP contribution in [0.5, 0.6) is 23.0 Å². The smallest absolute Gasteiger partial charge is 0.221 e. The lowest BCUT2D eigenvalue weighted by atomic mass is 9.92. The van der Waals surface area contributed by atoms with E-state index in [0.29, 0.717) is 30.9 Å². The van der Waals surface area contributed by atoms with E-state index >= 15 is 0 Å². The maximum Gasteiger partial charge on any atom is 0.221 e. The van der Waals surface area contributed by atoms with Crippen molar-refractivity contribution >= 4 is 16.8 Å². The summed E-state index contributed by atoms with van der Waals surface area (Å²) in [5.41, 5.74) is 7.41. The van der Waals surface area contributed by atoms with Crippen LogP contribution < -0.4 is 15.2 Å². The zero-order chi connectivity index (χ0) is 19.0. The summed E-state index contributed by atoms with van der Waals surface area (Å²) >= 11 is 0. The Hall–Kier alpha value is -3.35. The number of phenols is 2. The standard InChI is InChI=1S/C20H20N2O5/c21-20(25)11(5-12-9-22-17-3-1-13(23)7-16(12)17)6-15-10-26-18-4-2-14(24)8-19(18)27-15/h1-4,7-9,11,15,22-24H,5-6,10H2,(H2,21,25). The molecule has 140 valence electrons. The van der Waals surface area contributed by atoms with Gasteiger partial charge in [0.05, 0.1) is 0 Å². The first kappa shape index (κ1) is 17.1. The van der Waals surface area contributed by atoms with Crippen molar-refractivity contribution in [2.45, 2.75) is 18.9 Å². The van der Waals surface area contributed by atoms with Crippen LogP contribution in [0.3, 0.4) is 0 Å². The predicted octanol–water partition coefficient (Wildman–Crippen LogP) is 2.45. The number of H-pyrrole nitrogens is 1. The molecule has 7 heteroatoms. The Bertz CT molecular complexity index is 997. The van der Waals surface area contributed by atoms with Gasteiger partial charge in [0.1, 0.15) is 24.2 Å². The van der Waals surface area contributed by atoms with Crippen LogP contribution in [-0.4, -0.2) is 33.8 Å². The molecule has 0 fully saturated rings. The van der Waals surface area contributed by atoms with E-state index in [2.05, 4.69) is 4.98 Å². The number of aromatic amines is 1. The van der Waals surface area contributed by atoms with E-state index in [-0.39, 0.29) is 17.6 Å². The monoisotopic (exact) mass is 368 g/mol. The number of primary amides is 1. The van der Waals surface area contributed by atoms with E-state index < -0.39 is 11.8 Å². The van der Waals surface area contributed by atoms with Crippen LogP contribution in [0.25, 0.3) is 10.9 Å². The summed E-state index contributed by atoms with van der Waals surface area (Å²) < 4.78 is 11.5. The first-order chi connectivity index (χ1) is 13.0. The molecule has 3 aromatic rings. The summed E-state index contributed by atoms with van der Waals surface area (Å²) in [6.07, 6.45) is 2.28. The molecule has 0 bridgehead atoms. The highest BCUT2D eigenvalue weighted by Gasteiger charge is 2.28. The Labute approximate surface area is 155 Å². The number of nitrogens with two attached hydrogens (primary N) is 1. The molecule has 4 rings (SSSR count). The fourth-order valence-electron chi connectivity index (χ4n) is 3.44. The molecule has 1 amide bonds. The topological polar surface area (TPSA) is 118 Å². The molecular formula is C20H20N2O5. The molecule has 0 saturated carbocycles. The molecule has 1 aromatic heterocycles.